The number of benzene rings is 1. The molecule has 0 saturated carbocycles. The lowest BCUT2D eigenvalue weighted by Gasteiger charge is -2.12. The van der Waals surface area contributed by atoms with E-state index in [-0.39, 0.29) is 35.3 Å². The molecule has 0 saturated heterocycles. The summed E-state index contributed by atoms with van der Waals surface area (Å²) in [6.07, 6.45) is 0. The van der Waals surface area contributed by atoms with E-state index >= 15 is 0 Å². The third-order valence-corrected chi connectivity index (χ3v) is 2.00. The highest BCUT2D eigenvalue weighted by Gasteiger charge is 2.13. The van der Waals surface area contributed by atoms with Crippen LogP contribution in [0, 0.1) is 5.82 Å². The molecule has 3 nitrogen and oxygen atoms in total. The Morgan fingerprint density at radius 3 is 2.57 bits per heavy atom. The molecule has 0 unspecified atom stereocenters. The van der Waals surface area contributed by atoms with Crippen LogP contribution in [-0.2, 0) is 0 Å². The van der Waals surface area contributed by atoms with Gasteiger partial charge in [0.15, 0.2) is 0 Å². The Morgan fingerprint density at radius 2 is 2.07 bits per heavy atom. The molecule has 1 aromatic rings. The second-order valence-electron chi connectivity index (χ2n) is 2.67. The third kappa shape index (κ3) is 2.72. The smallest absolute Gasteiger partial charge is 0.139 e. The molecule has 0 fully saturated rings. The molecule has 80 valence electrons. The van der Waals surface area contributed by atoms with Crippen LogP contribution in [0.4, 0.5) is 4.39 Å². The Labute approximate surface area is 92.3 Å². The van der Waals surface area contributed by atoms with Gasteiger partial charge in [-0.1, -0.05) is 11.6 Å². The van der Waals surface area contributed by atoms with Crippen molar-refractivity contribution in [1.29, 1.82) is 0 Å². The largest absolute Gasteiger partial charge is 0.506 e. The molecule has 0 spiro atoms. The predicted molar refractivity (Wildman–Crippen MR) is 56.3 cm³/mol. The van der Waals surface area contributed by atoms with Crippen molar-refractivity contribution in [2.75, 3.05) is 6.54 Å². The van der Waals surface area contributed by atoms with Gasteiger partial charge < -0.3 is 16.6 Å². The van der Waals surface area contributed by atoms with Gasteiger partial charge in [-0.2, -0.15) is 0 Å². The lowest BCUT2D eigenvalue weighted by atomic mass is 10.1. The van der Waals surface area contributed by atoms with Gasteiger partial charge in [-0.25, -0.2) is 4.39 Å². The van der Waals surface area contributed by atoms with Gasteiger partial charge in [0.05, 0.1) is 5.02 Å². The molecule has 1 aromatic carbocycles. The van der Waals surface area contributed by atoms with Crippen molar-refractivity contribution in [2.45, 2.75) is 6.04 Å². The molecule has 1 rings (SSSR count). The highest BCUT2D eigenvalue weighted by atomic mass is 35.5. The first-order valence-corrected chi connectivity index (χ1v) is 4.07. The molecule has 0 aliphatic carbocycles. The van der Waals surface area contributed by atoms with Crippen LogP contribution in [0.25, 0.3) is 0 Å². The van der Waals surface area contributed by atoms with Gasteiger partial charge in [-0.15, -0.1) is 12.4 Å². The zero-order valence-corrected chi connectivity index (χ0v) is 8.78. The van der Waals surface area contributed by atoms with Crippen molar-refractivity contribution in [1.82, 2.24) is 0 Å². The van der Waals surface area contributed by atoms with E-state index in [4.69, 9.17) is 23.1 Å². The molecular weight excluding hydrogens is 230 g/mol. The number of halogens is 3. The minimum atomic E-state index is -0.604. The summed E-state index contributed by atoms with van der Waals surface area (Å²) in [5, 5.41) is 9.33. The molecule has 0 aliphatic heterocycles. The lowest BCUT2D eigenvalue weighted by Crippen LogP contribution is -2.21. The molecule has 0 aliphatic rings. The van der Waals surface area contributed by atoms with E-state index in [1.54, 1.807) is 0 Å². The number of aromatic hydroxyl groups is 1. The van der Waals surface area contributed by atoms with Crippen LogP contribution in [0.1, 0.15) is 11.6 Å². The normalized spacial score (nSPS) is 12.0. The van der Waals surface area contributed by atoms with E-state index in [0.29, 0.717) is 0 Å². The average molecular weight is 241 g/mol. The summed E-state index contributed by atoms with van der Waals surface area (Å²) in [6.45, 7) is 0.118. The summed E-state index contributed by atoms with van der Waals surface area (Å²) < 4.78 is 12.8. The van der Waals surface area contributed by atoms with Crippen LogP contribution in [0.3, 0.4) is 0 Å². The first-order valence-electron chi connectivity index (χ1n) is 3.69. The van der Waals surface area contributed by atoms with E-state index in [1.807, 2.05) is 0 Å². The number of nitrogens with two attached hydrogens (primary N) is 2. The average Bonchev–Trinajstić information content (AvgIpc) is 2.10. The second kappa shape index (κ2) is 5.36. The monoisotopic (exact) mass is 240 g/mol. The number of phenols is 1. The van der Waals surface area contributed by atoms with Crippen molar-refractivity contribution in [2.24, 2.45) is 11.5 Å². The minimum Gasteiger partial charge on any atom is -0.506 e. The van der Waals surface area contributed by atoms with Gasteiger partial charge >= 0.3 is 0 Å². The maximum Gasteiger partial charge on any atom is 0.139 e. The molecule has 0 aromatic heterocycles. The van der Waals surface area contributed by atoms with Crippen LogP contribution >= 0.6 is 24.0 Å². The van der Waals surface area contributed by atoms with Gasteiger partial charge in [0.1, 0.15) is 11.6 Å². The van der Waals surface area contributed by atoms with Crippen molar-refractivity contribution < 1.29 is 9.50 Å². The highest BCUT2D eigenvalue weighted by molar-refractivity contribution is 6.32. The van der Waals surface area contributed by atoms with Gasteiger partial charge in [0.2, 0.25) is 0 Å². The molecule has 0 heterocycles. The van der Waals surface area contributed by atoms with Crippen LogP contribution in [0.2, 0.25) is 5.02 Å². The SMILES string of the molecule is Cl.NC[C@@H](N)c1cc(F)cc(Cl)c1O. The molecular formula is C8H11Cl2FN2O. The fourth-order valence-electron chi connectivity index (χ4n) is 0.996. The first kappa shape index (κ1) is 13.4. The van der Waals surface area contributed by atoms with Crippen molar-refractivity contribution >= 4 is 24.0 Å². The molecule has 14 heavy (non-hydrogen) atoms. The summed E-state index contributed by atoms with van der Waals surface area (Å²) >= 11 is 5.53. The Balaban J connectivity index is 0.00000169. The maximum atomic E-state index is 12.8. The summed E-state index contributed by atoms with van der Waals surface area (Å²) in [4.78, 5) is 0. The first-order chi connectivity index (χ1) is 6.06. The second-order valence-corrected chi connectivity index (χ2v) is 3.07. The summed E-state index contributed by atoms with van der Waals surface area (Å²) in [5.74, 6) is -0.747. The zero-order chi connectivity index (χ0) is 10.0. The highest BCUT2D eigenvalue weighted by Crippen LogP contribution is 2.31. The van der Waals surface area contributed by atoms with Crippen molar-refractivity contribution in [3.05, 3.63) is 28.5 Å². The zero-order valence-electron chi connectivity index (χ0n) is 7.21. The summed E-state index contributed by atoms with van der Waals surface area (Å²) in [6, 6.07) is 1.54. The van der Waals surface area contributed by atoms with Gasteiger partial charge in [-0.3, -0.25) is 0 Å². The van der Waals surface area contributed by atoms with Crippen LogP contribution in [0.5, 0.6) is 5.75 Å². The molecule has 0 radical (unpaired) electrons. The maximum absolute atomic E-state index is 12.8. The summed E-state index contributed by atoms with van der Waals surface area (Å²) in [7, 11) is 0. The van der Waals surface area contributed by atoms with Crippen molar-refractivity contribution in [3.8, 4) is 5.75 Å². The van der Waals surface area contributed by atoms with Crippen LogP contribution in [0.15, 0.2) is 12.1 Å². The number of rotatable bonds is 2. The predicted octanol–water partition coefficient (Wildman–Crippen LogP) is 1.56. The van der Waals surface area contributed by atoms with E-state index in [1.165, 1.54) is 0 Å². The molecule has 6 heteroatoms. The standard InChI is InChI=1S/C8H10ClFN2O.ClH/c9-6-2-4(10)1-5(8(6)13)7(12)3-11;/h1-2,7,13H,3,11-12H2;1H/t7-;/m1./s1. The van der Waals surface area contributed by atoms with Gasteiger partial charge in [0, 0.05) is 18.2 Å². The number of hydrogen-bond acceptors (Lipinski definition) is 3. The van der Waals surface area contributed by atoms with Gasteiger partial charge in [-0.05, 0) is 12.1 Å². The van der Waals surface area contributed by atoms with Crippen LogP contribution in [-0.4, -0.2) is 11.7 Å². The Morgan fingerprint density at radius 1 is 1.50 bits per heavy atom. The van der Waals surface area contributed by atoms with Crippen molar-refractivity contribution in [3.63, 3.8) is 0 Å². The summed E-state index contributed by atoms with van der Waals surface area (Å²) in [5.41, 5.74) is 11.0. The Kier molecular flexibility index (Phi) is 5.15. The van der Waals surface area contributed by atoms with E-state index in [2.05, 4.69) is 0 Å². The topological polar surface area (TPSA) is 72.3 Å². The van der Waals surface area contributed by atoms with E-state index in [0.717, 1.165) is 12.1 Å². The molecule has 5 N–H and O–H groups in total. The Bertz CT molecular complexity index is 322. The van der Waals surface area contributed by atoms with Gasteiger partial charge in [0.25, 0.3) is 0 Å². The number of hydrogen-bond donors (Lipinski definition) is 3. The molecule has 0 amide bonds. The number of phenolic OH excluding ortho intramolecular Hbond substituents is 1. The molecule has 1 atom stereocenters. The van der Waals surface area contributed by atoms with E-state index < -0.39 is 11.9 Å². The minimum absolute atomic E-state index is 0. The van der Waals surface area contributed by atoms with Crippen LogP contribution < -0.4 is 11.5 Å². The quantitative estimate of drug-likeness (QED) is 0.735. The third-order valence-electron chi connectivity index (χ3n) is 1.71. The fourth-order valence-corrected chi connectivity index (χ4v) is 1.21. The lowest BCUT2D eigenvalue weighted by molar-refractivity contribution is 0.459. The fraction of sp³-hybridized carbons (Fsp3) is 0.250. The van der Waals surface area contributed by atoms with E-state index in [9.17, 15) is 9.50 Å². The molecule has 0 bridgehead atoms. The Hall–Kier alpha value is -0.550.